The van der Waals surface area contributed by atoms with Crippen molar-refractivity contribution in [3.63, 3.8) is 0 Å². The molecule has 3 fully saturated rings. The van der Waals surface area contributed by atoms with E-state index in [1.807, 2.05) is 6.92 Å². The van der Waals surface area contributed by atoms with E-state index in [9.17, 15) is 13.2 Å². The summed E-state index contributed by atoms with van der Waals surface area (Å²) >= 11 is 0. The third-order valence-electron chi connectivity index (χ3n) is 6.76. The van der Waals surface area contributed by atoms with E-state index in [1.165, 1.54) is 6.07 Å². The molecule has 6 nitrogen and oxygen atoms in total. The highest BCUT2D eigenvalue weighted by Crippen LogP contribution is 2.53. The Morgan fingerprint density at radius 3 is 2.70 bits per heavy atom. The number of hydrogen-bond donors (Lipinski definition) is 1. The van der Waals surface area contributed by atoms with E-state index in [1.54, 1.807) is 12.3 Å². The number of piperidine rings is 2. The molecular weight excluding hydrogens is 407 g/mol. The van der Waals surface area contributed by atoms with Crippen LogP contribution in [-0.2, 0) is 14.9 Å². The number of carbonyl (C=O) groups excluding carboxylic acids is 1. The molecule has 2 unspecified atom stereocenters. The van der Waals surface area contributed by atoms with Gasteiger partial charge in [0.25, 0.3) is 0 Å². The SMILES string of the molecule is CCC1CC2(C)CC(C2)N1C(=O)CC(C)c1c[nH]c2ccc(OS(C)(=O)=O)c(F)c12. The first-order valence-electron chi connectivity index (χ1n) is 10.5. The Balaban J connectivity index is 1.58. The highest BCUT2D eigenvalue weighted by atomic mass is 32.2. The van der Waals surface area contributed by atoms with Crippen molar-refractivity contribution in [1.82, 2.24) is 9.88 Å². The highest BCUT2D eigenvalue weighted by Gasteiger charge is 2.52. The number of H-pyrrole nitrogens is 1. The lowest BCUT2D eigenvalue weighted by atomic mass is 9.59. The summed E-state index contributed by atoms with van der Waals surface area (Å²) in [5.74, 6) is -1.17. The van der Waals surface area contributed by atoms with E-state index in [0.717, 1.165) is 31.9 Å². The smallest absolute Gasteiger partial charge is 0.306 e. The van der Waals surface area contributed by atoms with Crippen LogP contribution in [0.25, 0.3) is 10.9 Å². The molecule has 5 rings (SSSR count). The van der Waals surface area contributed by atoms with Gasteiger partial charge in [0.2, 0.25) is 5.91 Å². The summed E-state index contributed by atoms with van der Waals surface area (Å²) in [7, 11) is -3.84. The number of carbonyl (C=O) groups is 1. The van der Waals surface area contributed by atoms with Gasteiger partial charge in [-0.2, -0.15) is 8.42 Å². The average Bonchev–Trinajstić information content (AvgIpc) is 3.06. The molecule has 1 N–H and O–H groups in total. The van der Waals surface area contributed by atoms with Gasteiger partial charge in [-0.15, -0.1) is 0 Å². The van der Waals surface area contributed by atoms with Crippen LogP contribution in [0.1, 0.15) is 64.4 Å². The Bertz CT molecular complexity index is 1090. The van der Waals surface area contributed by atoms with Crippen molar-refractivity contribution in [2.75, 3.05) is 6.26 Å². The van der Waals surface area contributed by atoms with Gasteiger partial charge in [-0.1, -0.05) is 20.8 Å². The molecular formula is C22H29FN2O4S. The maximum Gasteiger partial charge on any atom is 0.306 e. The third kappa shape index (κ3) is 3.70. The summed E-state index contributed by atoms with van der Waals surface area (Å²) in [6.07, 6.45) is 6.99. The van der Waals surface area contributed by atoms with Crippen molar-refractivity contribution in [3.05, 3.63) is 29.7 Å². The molecule has 2 aromatic rings. The van der Waals surface area contributed by atoms with Crippen LogP contribution in [0.15, 0.2) is 18.3 Å². The first kappa shape index (κ1) is 21.2. The van der Waals surface area contributed by atoms with E-state index in [-0.39, 0.29) is 35.4 Å². The molecule has 8 heteroatoms. The van der Waals surface area contributed by atoms with Crippen molar-refractivity contribution in [2.24, 2.45) is 5.41 Å². The molecule has 2 bridgehead atoms. The second-order valence-electron chi connectivity index (χ2n) is 9.38. The largest absolute Gasteiger partial charge is 0.379 e. The van der Waals surface area contributed by atoms with Gasteiger partial charge >= 0.3 is 10.1 Å². The van der Waals surface area contributed by atoms with Crippen LogP contribution >= 0.6 is 0 Å². The second-order valence-corrected chi connectivity index (χ2v) is 11.0. The van der Waals surface area contributed by atoms with E-state index in [4.69, 9.17) is 4.18 Å². The molecule has 2 saturated heterocycles. The third-order valence-corrected chi connectivity index (χ3v) is 7.24. The number of fused-ring (bicyclic) bond motifs is 3. The molecule has 1 aromatic carbocycles. The van der Waals surface area contributed by atoms with Crippen molar-refractivity contribution < 1.29 is 21.8 Å². The Morgan fingerprint density at radius 2 is 2.07 bits per heavy atom. The molecule has 0 radical (unpaired) electrons. The number of amides is 1. The maximum atomic E-state index is 15.1. The first-order valence-corrected chi connectivity index (χ1v) is 12.3. The van der Waals surface area contributed by atoms with Crippen LogP contribution in [0.3, 0.4) is 0 Å². The normalized spacial score (nSPS) is 27.0. The van der Waals surface area contributed by atoms with Crippen LogP contribution < -0.4 is 4.18 Å². The van der Waals surface area contributed by atoms with E-state index in [2.05, 4.69) is 23.7 Å². The number of aromatic nitrogens is 1. The zero-order valence-electron chi connectivity index (χ0n) is 17.9. The number of halogens is 1. The molecule has 0 spiro atoms. The molecule has 1 aromatic heterocycles. The molecule has 1 saturated carbocycles. The second kappa shape index (κ2) is 7.25. The van der Waals surface area contributed by atoms with E-state index in [0.29, 0.717) is 22.5 Å². The lowest BCUT2D eigenvalue weighted by Gasteiger charge is -2.60. The molecule has 1 amide bonds. The number of benzene rings is 1. The van der Waals surface area contributed by atoms with E-state index >= 15 is 4.39 Å². The Labute approximate surface area is 176 Å². The zero-order valence-corrected chi connectivity index (χ0v) is 18.7. The average molecular weight is 437 g/mol. The fourth-order valence-electron chi connectivity index (χ4n) is 5.44. The Kier molecular flexibility index (Phi) is 5.11. The molecule has 30 heavy (non-hydrogen) atoms. The van der Waals surface area contributed by atoms with Gasteiger partial charge in [0, 0.05) is 35.6 Å². The van der Waals surface area contributed by atoms with Crippen molar-refractivity contribution in [2.45, 2.75) is 70.9 Å². The van der Waals surface area contributed by atoms with Gasteiger partial charge < -0.3 is 14.1 Å². The summed E-state index contributed by atoms with van der Waals surface area (Å²) in [4.78, 5) is 18.3. The van der Waals surface area contributed by atoms with Crippen LogP contribution in [0, 0.1) is 11.2 Å². The van der Waals surface area contributed by atoms with Gasteiger partial charge in [-0.25, -0.2) is 4.39 Å². The zero-order chi connectivity index (χ0) is 21.8. The van der Waals surface area contributed by atoms with Gasteiger partial charge in [0.05, 0.1) is 6.26 Å². The predicted octanol–water partition coefficient (Wildman–Crippen LogP) is 4.32. The molecule has 1 aliphatic carbocycles. The van der Waals surface area contributed by atoms with Crippen molar-refractivity contribution in [1.29, 1.82) is 0 Å². The van der Waals surface area contributed by atoms with Crippen molar-refractivity contribution in [3.8, 4) is 5.75 Å². The molecule has 3 aliphatic rings. The molecule has 164 valence electrons. The van der Waals surface area contributed by atoms with Gasteiger partial charge in [-0.05, 0) is 54.7 Å². The van der Waals surface area contributed by atoms with Crippen LogP contribution in [-0.4, -0.2) is 42.5 Å². The Hall–Kier alpha value is -2.09. The lowest BCUT2D eigenvalue weighted by molar-refractivity contribution is -0.155. The van der Waals surface area contributed by atoms with Crippen LogP contribution in [0.5, 0.6) is 5.75 Å². The minimum absolute atomic E-state index is 0.111. The Morgan fingerprint density at radius 1 is 1.37 bits per heavy atom. The maximum absolute atomic E-state index is 15.1. The minimum Gasteiger partial charge on any atom is -0.379 e. The summed E-state index contributed by atoms with van der Waals surface area (Å²) in [5, 5.41) is 0.276. The fraction of sp³-hybridized carbons (Fsp3) is 0.591. The number of nitrogens with one attached hydrogen (secondary N) is 1. The molecule has 3 heterocycles. The number of nitrogens with zero attached hydrogens (tertiary/aromatic N) is 1. The predicted molar refractivity (Wildman–Crippen MR) is 113 cm³/mol. The topological polar surface area (TPSA) is 79.5 Å². The summed E-state index contributed by atoms with van der Waals surface area (Å²) in [6, 6.07) is 3.48. The fourth-order valence-corrected chi connectivity index (χ4v) is 5.89. The molecule has 2 atom stereocenters. The van der Waals surface area contributed by atoms with Gasteiger partial charge in [0.1, 0.15) is 0 Å². The van der Waals surface area contributed by atoms with Crippen LogP contribution in [0.2, 0.25) is 0 Å². The lowest BCUT2D eigenvalue weighted by Crippen LogP contribution is -2.62. The van der Waals surface area contributed by atoms with E-state index < -0.39 is 15.9 Å². The van der Waals surface area contributed by atoms with Gasteiger partial charge in [0.15, 0.2) is 11.6 Å². The number of rotatable bonds is 6. The number of aromatic amines is 1. The van der Waals surface area contributed by atoms with Crippen molar-refractivity contribution >= 4 is 26.9 Å². The summed E-state index contributed by atoms with van der Waals surface area (Å²) < 4.78 is 42.7. The monoisotopic (exact) mass is 436 g/mol. The summed E-state index contributed by atoms with van der Waals surface area (Å²) in [6.45, 7) is 6.34. The molecule has 2 aliphatic heterocycles. The quantitative estimate of drug-likeness (QED) is 0.684. The van der Waals surface area contributed by atoms with Crippen LogP contribution in [0.4, 0.5) is 4.39 Å². The summed E-state index contributed by atoms with van der Waals surface area (Å²) in [5.41, 5.74) is 1.57. The highest BCUT2D eigenvalue weighted by molar-refractivity contribution is 7.86. The first-order chi connectivity index (χ1) is 14.0. The van der Waals surface area contributed by atoms with Gasteiger partial charge in [-0.3, -0.25) is 4.79 Å². The number of hydrogen-bond acceptors (Lipinski definition) is 4. The minimum atomic E-state index is -3.84. The standard InChI is InChI=1S/C22H29FN2O4S/c1-5-14-9-22(3)10-15(11-22)25(14)19(26)8-13(2)16-12-24-17-6-7-18(21(23)20(16)17)29-30(4,27)28/h6-7,12-15,24H,5,8-11H2,1-4H3.